The summed E-state index contributed by atoms with van der Waals surface area (Å²) in [6, 6.07) is 56.7. The van der Waals surface area contributed by atoms with Crippen molar-refractivity contribution in [2.75, 3.05) is 6.61 Å². The molecule has 34 nitrogen and oxygen atoms in total. The second kappa shape index (κ2) is 43.4. The molecule has 0 aromatic heterocycles. The van der Waals surface area contributed by atoms with Crippen molar-refractivity contribution < 1.29 is 111 Å². The number of hydrogen-bond donors (Lipinski definition) is 0. The number of hydrogen-bond acceptors (Lipinski definition) is 28. The lowest BCUT2D eigenvalue weighted by Gasteiger charge is -2.16. The molecule has 0 amide bonds. The van der Waals surface area contributed by atoms with Gasteiger partial charge in [-0.2, -0.15) is 30.0 Å². The predicted molar refractivity (Wildman–Crippen MR) is 404 cm³/mol. The first kappa shape index (κ1) is 88.8. The Hall–Kier alpha value is -12.4. The van der Waals surface area contributed by atoms with Gasteiger partial charge < -0.3 is 21.6 Å². The summed E-state index contributed by atoms with van der Waals surface area (Å²) in [4.78, 5) is 79.4. The molecule has 42 heteroatoms. The van der Waals surface area contributed by atoms with E-state index in [-0.39, 0.29) is 46.5 Å². The minimum Gasteiger partial charge on any atom is -0.380 e. The molecule has 6 unspecified atom stereocenters. The van der Waals surface area contributed by atoms with Crippen LogP contribution in [0.4, 0.5) is 47.3 Å². The van der Waals surface area contributed by atoms with Crippen LogP contribution in [0.5, 0.6) is 28.7 Å². The summed E-state index contributed by atoms with van der Waals surface area (Å²) in [6.07, 6.45) is -4.65. The van der Waals surface area contributed by atoms with Crippen LogP contribution < -0.4 is 21.6 Å². The zero-order valence-electron chi connectivity index (χ0n) is 59.3. The number of benzene rings is 10. The highest BCUT2D eigenvalue weighted by Crippen LogP contribution is 2.35. The number of nitro groups is 6. The SMILES string of the molecule is Cc1ccc(OS(=O)OCC(C(=O)c2ccccc2)c2ccccc2)cc1.Cc1ccc(OS(=O)OCc2c([N+](=O)[O-])cccc2[N+](=O)[O-])cc1.Cc1cccc(C)c1CS(=O)OOc1cccc(OS(=O)OCc2c([N+](=O)[O-])cccc2[N+](=O)[O-])c1.O=[N+]([O-])c1cccc([N+](=O)[O-])c1COS(=O)Oc1cccc(C(F)(F)F)c1. The van der Waals surface area contributed by atoms with Gasteiger partial charge in [0.05, 0.1) is 53.4 Å². The Labute approximate surface area is 657 Å². The highest BCUT2D eigenvalue weighted by atomic mass is 32.2. The molecule has 10 aromatic rings. The van der Waals surface area contributed by atoms with Crippen LogP contribution in [-0.4, -0.2) is 63.0 Å². The summed E-state index contributed by atoms with van der Waals surface area (Å²) in [5, 5.41) is 66.3. The predicted octanol–water partition coefficient (Wildman–Crippen LogP) is 15.8. The van der Waals surface area contributed by atoms with E-state index in [2.05, 4.69) is 4.18 Å². The Morgan fingerprint density at radius 1 is 0.377 bits per heavy atom. The fraction of sp³-hybridized carbons (Fsp3) is 0.153. The zero-order valence-corrected chi connectivity index (χ0v) is 63.4. The smallest absolute Gasteiger partial charge is 0.380 e. The van der Waals surface area contributed by atoms with E-state index in [1.165, 1.54) is 30.3 Å². The number of carbonyl (C=O) groups is 1. The Kier molecular flexibility index (Phi) is 33.8. The summed E-state index contributed by atoms with van der Waals surface area (Å²) >= 11 is -11.2. The van der Waals surface area contributed by atoms with Gasteiger partial charge in [-0.1, -0.05) is 131 Å². The third-order valence-electron chi connectivity index (χ3n) is 15.1. The van der Waals surface area contributed by atoms with Crippen molar-refractivity contribution in [2.24, 2.45) is 0 Å². The molecule has 0 heterocycles. The molecule has 10 aromatic carbocycles. The van der Waals surface area contributed by atoms with E-state index < -0.39 is 169 Å². The fourth-order valence-corrected chi connectivity index (χ4v) is 12.6. The second-order valence-electron chi connectivity index (χ2n) is 22.9. The van der Waals surface area contributed by atoms with E-state index in [4.69, 9.17) is 38.5 Å². The van der Waals surface area contributed by atoms with Crippen molar-refractivity contribution in [2.45, 2.75) is 65.4 Å². The maximum atomic E-state index is 12.9. The van der Waals surface area contributed by atoms with Gasteiger partial charge >= 0.3 is 51.6 Å². The van der Waals surface area contributed by atoms with Gasteiger partial charge in [-0.15, -0.1) is 0 Å². The molecular weight excluding hydrogens is 1610 g/mol. The number of Topliss-reactive ketones (excluding diaryl/α,β-unsaturated/α-hetero) is 1. The van der Waals surface area contributed by atoms with Crippen LogP contribution in [0.3, 0.4) is 0 Å². The molecule has 10 rings (SSSR count). The summed E-state index contributed by atoms with van der Waals surface area (Å²) < 4.78 is 143. The molecule has 0 N–H and O–H groups in total. The van der Waals surface area contributed by atoms with Crippen molar-refractivity contribution in [3.63, 3.8) is 0 Å². The zero-order chi connectivity index (χ0) is 83.2. The van der Waals surface area contributed by atoms with Crippen LogP contribution in [0.25, 0.3) is 0 Å². The van der Waals surface area contributed by atoms with Crippen molar-refractivity contribution in [3.8, 4) is 28.7 Å². The highest BCUT2D eigenvalue weighted by molar-refractivity contribution is 7.79. The van der Waals surface area contributed by atoms with E-state index in [1.54, 1.807) is 48.5 Å². The van der Waals surface area contributed by atoms with Crippen LogP contribution in [0, 0.1) is 88.4 Å². The van der Waals surface area contributed by atoms with Gasteiger partial charge in [0.2, 0.25) is 11.1 Å². The molecule has 0 aliphatic heterocycles. The van der Waals surface area contributed by atoms with Crippen molar-refractivity contribution in [3.05, 3.63) is 352 Å². The molecule has 0 spiro atoms. The minimum atomic E-state index is -4.65. The Morgan fingerprint density at radius 3 is 1.10 bits per heavy atom. The number of alkyl halides is 3. The van der Waals surface area contributed by atoms with Gasteiger partial charge in [-0.3, -0.25) is 82.2 Å². The number of halogens is 3. The standard InChI is InChI=1S/C22H20N2O10S2.C22H20O4S.C14H9F3N2O7S.C14H12N2O7S/c1-15-6-3-7-16(2)20(15)14-35(29)34-32-17-8-4-9-18(12-17)33-36(30)31-13-19-21(23(25)26)10-5-11-22(19)24(27)28;1-17-12-14-20(15-13-17)26-27(24)25-16-21(18-8-4-2-5-9-18)22(23)19-10-6-3-7-11-19;15-14(16,17)9-3-1-4-10(7-9)26-27(24)25-8-11-12(18(20)21)5-2-6-13(11)19(22)23;1-10-5-7-11(8-6-10)23-24(21)22-9-12-13(15(17)18)3-2-4-14(12)16(19)20/h3-12H,13-14H2,1-2H3;2-15,21H,16H2,1H3;1-7H,8H2;2-8H,9H2,1H3. The molecule has 0 radical (unpaired) electrons. The molecule has 114 heavy (non-hydrogen) atoms. The number of aryl methyl sites for hydroxylation is 4. The first-order valence-corrected chi connectivity index (χ1v) is 37.5. The third-order valence-corrected chi connectivity index (χ3v) is 18.5. The molecule has 0 saturated carbocycles. The molecule has 0 bridgehead atoms. The second-order valence-corrected chi connectivity index (χ2v) is 27.2. The third kappa shape index (κ3) is 27.8. The van der Waals surface area contributed by atoms with Gasteiger partial charge in [0, 0.05) is 48.0 Å². The lowest BCUT2D eigenvalue weighted by Crippen LogP contribution is -2.20. The number of rotatable bonds is 34. The van der Waals surface area contributed by atoms with Gasteiger partial charge in [-0.25, -0.2) is 4.21 Å². The largest absolute Gasteiger partial charge is 0.416 e. The average Bonchev–Trinajstić information content (AvgIpc) is 0.795. The maximum Gasteiger partial charge on any atom is 0.416 e. The minimum absolute atomic E-state index is 0.00650. The van der Waals surface area contributed by atoms with Crippen molar-refractivity contribution in [1.82, 2.24) is 0 Å². The van der Waals surface area contributed by atoms with E-state index in [1.807, 2.05) is 107 Å². The molecule has 0 saturated heterocycles. The molecular formula is C72H61F3N6O28S5. The average molecular weight is 1680 g/mol. The molecule has 598 valence electrons. The normalized spacial score (nSPS) is 12.4. The van der Waals surface area contributed by atoms with Crippen LogP contribution >= 0.6 is 0 Å². The lowest BCUT2D eigenvalue weighted by atomic mass is 9.91. The van der Waals surface area contributed by atoms with Gasteiger partial charge in [-0.05, 0) is 123 Å². The highest BCUT2D eigenvalue weighted by Gasteiger charge is 2.33. The van der Waals surface area contributed by atoms with Crippen LogP contribution in [0.2, 0.25) is 0 Å². The first-order chi connectivity index (χ1) is 54.3. The maximum absolute atomic E-state index is 12.9. The quantitative estimate of drug-likeness (QED) is 0.0156. The molecule has 6 atom stereocenters. The topological polar surface area (TPSA) is 454 Å². The summed E-state index contributed by atoms with van der Waals surface area (Å²) in [6.45, 7) is 5.43. The Balaban J connectivity index is 0.000000213. The lowest BCUT2D eigenvalue weighted by molar-refractivity contribution is -0.396. The van der Waals surface area contributed by atoms with E-state index >= 15 is 0 Å². The number of ketones is 1. The molecule has 0 fully saturated rings. The summed E-state index contributed by atoms with van der Waals surface area (Å²) in [5.74, 6) is -0.153. The Morgan fingerprint density at radius 2 is 0.711 bits per heavy atom. The number of nitrogens with zero attached hydrogens (tertiary/aromatic N) is 6. The monoisotopic (exact) mass is 1670 g/mol. The van der Waals surface area contributed by atoms with Gasteiger partial charge in [0.25, 0.3) is 34.1 Å². The van der Waals surface area contributed by atoms with Crippen LogP contribution in [0.1, 0.15) is 71.9 Å². The Bertz CT molecular complexity index is 5080. The van der Waals surface area contributed by atoms with Crippen molar-refractivity contribution in [1.29, 1.82) is 0 Å². The van der Waals surface area contributed by atoms with E-state index in [0.717, 1.165) is 100 Å². The van der Waals surface area contributed by atoms with Crippen LogP contribution in [0.15, 0.2) is 231 Å². The van der Waals surface area contributed by atoms with Crippen LogP contribution in [-0.2, 0) is 109 Å². The summed E-state index contributed by atoms with van der Waals surface area (Å²) in [5.41, 5.74) is 0.735. The fourth-order valence-electron chi connectivity index (χ4n) is 9.61. The first-order valence-electron chi connectivity index (χ1n) is 32.3. The van der Waals surface area contributed by atoms with E-state index in [9.17, 15) is 99.7 Å². The number of carbonyl (C=O) groups excluding carboxylic acids is 1. The van der Waals surface area contributed by atoms with Gasteiger partial charge in [0.1, 0.15) is 59.5 Å². The molecule has 0 aliphatic carbocycles. The number of nitro benzene ring substituents is 6. The molecule has 0 aliphatic rings. The van der Waals surface area contributed by atoms with Gasteiger partial charge in [0.15, 0.2) is 11.5 Å². The van der Waals surface area contributed by atoms with Crippen molar-refractivity contribution >= 4 is 96.4 Å². The summed E-state index contributed by atoms with van der Waals surface area (Å²) in [7, 11) is 0. The van der Waals surface area contributed by atoms with E-state index in [0.29, 0.717) is 17.4 Å².